The molecular formula is C11H19BrClNOS. The molecule has 0 spiro atoms. The molecular weight excluding hydrogens is 310 g/mol. The van der Waals surface area contributed by atoms with Gasteiger partial charge in [-0.2, -0.15) is 0 Å². The summed E-state index contributed by atoms with van der Waals surface area (Å²) in [7, 11) is 0. The zero-order valence-corrected chi connectivity index (χ0v) is 12.7. The Labute approximate surface area is 116 Å². The quantitative estimate of drug-likeness (QED) is 0.732. The van der Waals surface area contributed by atoms with E-state index in [4.69, 9.17) is 4.74 Å². The molecule has 1 N–H and O–H groups in total. The highest BCUT2D eigenvalue weighted by atomic mass is 79.9. The molecule has 1 heterocycles. The first-order valence-corrected chi connectivity index (χ1v) is 6.96. The smallest absolute Gasteiger partial charge is 0.0701 e. The summed E-state index contributed by atoms with van der Waals surface area (Å²) in [5.41, 5.74) is 0. The number of nitrogens with one attached hydrogen (secondary N) is 1. The number of hydrogen-bond acceptors (Lipinski definition) is 3. The molecule has 16 heavy (non-hydrogen) atoms. The molecule has 1 aromatic rings. The fourth-order valence-corrected chi connectivity index (χ4v) is 2.71. The number of thiophene rings is 1. The van der Waals surface area contributed by atoms with Crippen molar-refractivity contribution < 1.29 is 4.74 Å². The molecule has 0 amide bonds. The predicted octanol–water partition coefficient (Wildman–Crippen LogP) is 3.84. The first kappa shape index (κ1) is 16.4. The highest BCUT2D eigenvalue weighted by Crippen LogP contribution is 2.21. The van der Waals surface area contributed by atoms with Gasteiger partial charge in [0.2, 0.25) is 0 Å². The second-order valence-corrected chi connectivity index (χ2v) is 5.83. The van der Waals surface area contributed by atoms with Crippen LogP contribution >= 0.6 is 39.7 Å². The van der Waals surface area contributed by atoms with E-state index in [-0.39, 0.29) is 12.4 Å². The van der Waals surface area contributed by atoms with E-state index in [1.165, 1.54) is 15.1 Å². The van der Waals surface area contributed by atoms with E-state index >= 15 is 0 Å². The number of unbranched alkanes of at least 4 members (excludes halogenated alkanes) is 1. The summed E-state index contributed by atoms with van der Waals surface area (Å²) >= 11 is 5.25. The van der Waals surface area contributed by atoms with Crippen LogP contribution in [0.3, 0.4) is 0 Å². The summed E-state index contributed by atoms with van der Waals surface area (Å²) < 4.78 is 6.47. The Balaban J connectivity index is 0.00000225. The molecule has 0 aliphatic heterocycles. The van der Waals surface area contributed by atoms with Gasteiger partial charge in [0.25, 0.3) is 0 Å². The standard InChI is InChI=1S/C11H18BrNOS.ClH/c1-2-14-8-4-3-7-13-9-10-5-6-11(12)15-10;/h5-6,13H,2-4,7-9H2,1H3;1H. The zero-order chi connectivity index (χ0) is 10.9. The fourth-order valence-electron chi connectivity index (χ4n) is 1.26. The SMILES string of the molecule is CCOCCCCNCc1ccc(Br)s1.Cl. The minimum absolute atomic E-state index is 0. The highest BCUT2D eigenvalue weighted by Gasteiger charge is 1.96. The maximum Gasteiger partial charge on any atom is 0.0701 e. The first-order chi connectivity index (χ1) is 7.33. The Bertz CT molecular complexity index is 270. The summed E-state index contributed by atoms with van der Waals surface area (Å²) in [5.74, 6) is 0. The lowest BCUT2D eigenvalue weighted by molar-refractivity contribution is 0.143. The molecule has 0 saturated carbocycles. The molecule has 0 aromatic carbocycles. The van der Waals surface area contributed by atoms with Crippen LogP contribution in [0.4, 0.5) is 0 Å². The van der Waals surface area contributed by atoms with Crippen molar-refractivity contribution >= 4 is 39.7 Å². The van der Waals surface area contributed by atoms with Gasteiger partial charge in [0.1, 0.15) is 0 Å². The molecule has 1 rings (SSSR count). The van der Waals surface area contributed by atoms with Crippen LogP contribution in [0, 0.1) is 0 Å². The molecule has 0 saturated heterocycles. The van der Waals surface area contributed by atoms with Gasteiger partial charge in [0, 0.05) is 24.6 Å². The third-order valence-electron chi connectivity index (χ3n) is 2.02. The number of hydrogen-bond donors (Lipinski definition) is 1. The number of halogens is 2. The van der Waals surface area contributed by atoms with E-state index in [2.05, 4.69) is 33.4 Å². The molecule has 0 aliphatic carbocycles. The molecule has 0 bridgehead atoms. The van der Waals surface area contributed by atoms with Gasteiger partial charge in [-0.05, 0) is 54.4 Å². The van der Waals surface area contributed by atoms with Crippen molar-refractivity contribution in [1.29, 1.82) is 0 Å². The second kappa shape index (κ2) is 10.5. The van der Waals surface area contributed by atoms with Crippen LogP contribution in [0.2, 0.25) is 0 Å². The van der Waals surface area contributed by atoms with E-state index in [9.17, 15) is 0 Å². The minimum Gasteiger partial charge on any atom is -0.382 e. The second-order valence-electron chi connectivity index (χ2n) is 3.29. The normalized spacial score (nSPS) is 10.1. The molecule has 0 unspecified atom stereocenters. The summed E-state index contributed by atoms with van der Waals surface area (Å²) in [6.07, 6.45) is 2.33. The van der Waals surface area contributed by atoms with Crippen LogP contribution in [0.25, 0.3) is 0 Å². The van der Waals surface area contributed by atoms with Crippen LogP contribution in [0.15, 0.2) is 15.9 Å². The largest absolute Gasteiger partial charge is 0.382 e. The number of rotatable bonds is 8. The third-order valence-corrected chi connectivity index (χ3v) is 3.65. The zero-order valence-electron chi connectivity index (χ0n) is 9.50. The topological polar surface area (TPSA) is 21.3 Å². The number of ether oxygens (including phenoxy) is 1. The van der Waals surface area contributed by atoms with E-state index in [1.807, 2.05) is 6.92 Å². The molecule has 2 nitrogen and oxygen atoms in total. The monoisotopic (exact) mass is 327 g/mol. The van der Waals surface area contributed by atoms with Gasteiger partial charge < -0.3 is 10.1 Å². The molecule has 0 fully saturated rings. The van der Waals surface area contributed by atoms with Gasteiger partial charge in [-0.3, -0.25) is 0 Å². The van der Waals surface area contributed by atoms with Crippen molar-refractivity contribution in [3.05, 3.63) is 20.8 Å². The molecule has 1 aromatic heterocycles. The van der Waals surface area contributed by atoms with Crippen LogP contribution in [-0.2, 0) is 11.3 Å². The van der Waals surface area contributed by atoms with Gasteiger partial charge in [0.15, 0.2) is 0 Å². The van der Waals surface area contributed by atoms with Gasteiger partial charge in [0.05, 0.1) is 3.79 Å². The van der Waals surface area contributed by atoms with E-state index in [1.54, 1.807) is 11.3 Å². The van der Waals surface area contributed by atoms with Crippen molar-refractivity contribution in [3.63, 3.8) is 0 Å². The minimum atomic E-state index is 0. The van der Waals surface area contributed by atoms with Crippen LogP contribution in [-0.4, -0.2) is 19.8 Å². The van der Waals surface area contributed by atoms with E-state index in [0.717, 1.165) is 32.7 Å². The summed E-state index contributed by atoms with van der Waals surface area (Å²) in [5, 5.41) is 3.43. The lowest BCUT2D eigenvalue weighted by Gasteiger charge is -2.03. The lowest BCUT2D eigenvalue weighted by atomic mass is 10.3. The Hall–Kier alpha value is 0.390. The van der Waals surface area contributed by atoms with Crippen LogP contribution in [0.5, 0.6) is 0 Å². The molecule has 0 atom stereocenters. The van der Waals surface area contributed by atoms with Gasteiger partial charge >= 0.3 is 0 Å². The molecule has 0 aliphatic rings. The molecule has 5 heteroatoms. The Kier molecular flexibility index (Phi) is 10.8. The summed E-state index contributed by atoms with van der Waals surface area (Å²) in [6, 6.07) is 4.25. The van der Waals surface area contributed by atoms with E-state index < -0.39 is 0 Å². The van der Waals surface area contributed by atoms with Crippen molar-refractivity contribution in [2.75, 3.05) is 19.8 Å². The van der Waals surface area contributed by atoms with Gasteiger partial charge in [-0.25, -0.2) is 0 Å². The summed E-state index contributed by atoms with van der Waals surface area (Å²) in [4.78, 5) is 1.38. The molecule has 94 valence electrons. The van der Waals surface area contributed by atoms with Crippen LogP contribution in [0.1, 0.15) is 24.6 Å². The fraction of sp³-hybridized carbons (Fsp3) is 0.636. The van der Waals surface area contributed by atoms with E-state index in [0.29, 0.717) is 0 Å². The molecule has 0 radical (unpaired) electrons. The Morgan fingerprint density at radius 2 is 2.19 bits per heavy atom. The first-order valence-electron chi connectivity index (χ1n) is 5.35. The van der Waals surface area contributed by atoms with Gasteiger partial charge in [-0.15, -0.1) is 23.7 Å². The Morgan fingerprint density at radius 3 is 2.81 bits per heavy atom. The lowest BCUT2D eigenvalue weighted by Crippen LogP contribution is -2.14. The maximum atomic E-state index is 5.27. The van der Waals surface area contributed by atoms with Crippen molar-refractivity contribution in [3.8, 4) is 0 Å². The highest BCUT2D eigenvalue weighted by molar-refractivity contribution is 9.11. The third kappa shape index (κ3) is 7.63. The predicted molar refractivity (Wildman–Crippen MR) is 76.7 cm³/mol. The Morgan fingerprint density at radius 1 is 1.38 bits per heavy atom. The summed E-state index contributed by atoms with van der Waals surface area (Å²) in [6.45, 7) is 5.81. The van der Waals surface area contributed by atoms with Crippen LogP contribution < -0.4 is 5.32 Å². The van der Waals surface area contributed by atoms with Crippen molar-refractivity contribution in [2.24, 2.45) is 0 Å². The van der Waals surface area contributed by atoms with Gasteiger partial charge in [-0.1, -0.05) is 0 Å². The average Bonchev–Trinajstić information content (AvgIpc) is 2.63. The van der Waals surface area contributed by atoms with Crippen molar-refractivity contribution in [2.45, 2.75) is 26.3 Å². The maximum absolute atomic E-state index is 5.27. The van der Waals surface area contributed by atoms with Crippen molar-refractivity contribution in [1.82, 2.24) is 5.32 Å². The average molecular weight is 329 g/mol.